The molecule has 2 rings (SSSR count). The quantitative estimate of drug-likeness (QED) is 0.740. The number of nitrogens with one attached hydrogen (secondary N) is 1. The average molecular weight is 359 g/mol. The van der Waals surface area contributed by atoms with Crippen LogP contribution in [0.1, 0.15) is 46.0 Å². The van der Waals surface area contributed by atoms with Gasteiger partial charge in [-0.05, 0) is 43.4 Å². The topological polar surface area (TPSA) is 29.1 Å². The van der Waals surface area contributed by atoms with Crippen LogP contribution in [0.4, 0.5) is 5.69 Å². The molecule has 2 nitrogen and oxygen atoms in total. The highest BCUT2D eigenvalue weighted by Gasteiger charge is 2.41. The second kappa shape index (κ2) is 6.48. The van der Waals surface area contributed by atoms with E-state index < -0.39 is 0 Å². The fourth-order valence-corrected chi connectivity index (χ4v) is 3.73. The number of amides is 1. The Kier molecular flexibility index (Phi) is 5.14. The van der Waals surface area contributed by atoms with Crippen LogP contribution in [0.5, 0.6) is 0 Å². The van der Waals surface area contributed by atoms with Gasteiger partial charge < -0.3 is 5.32 Å². The molecule has 0 bridgehead atoms. The van der Waals surface area contributed by atoms with E-state index in [1.165, 1.54) is 0 Å². The van der Waals surface area contributed by atoms with Crippen LogP contribution in [0.3, 0.4) is 0 Å². The molecule has 1 aromatic carbocycles. The Morgan fingerprint density at radius 1 is 1.40 bits per heavy atom. The normalized spacial score (nSPS) is 17.4. The minimum Gasteiger partial charge on any atom is -0.324 e. The Morgan fingerprint density at radius 2 is 2.05 bits per heavy atom. The molecule has 1 N–H and O–H groups in total. The van der Waals surface area contributed by atoms with E-state index in [0.29, 0.717) is 16.6 Å². The van der Waals surface area contributed by atoms with Crippen LogP contribution < -0.4 is 5.32 Å². The van der Waals surface area contributed by atoms with Gasteiger partial charge in [-0.3, -0.25) is 4.79 Å². The van der Waals surface area contributed by atoms with E-state index in [2.05, 4.69) is 35.1 Å². The zero-order valence-electron chi connectivity index (χ0n) is 12.0. The summed E-state index contributed by atoms with van der Waals surface area (Å²) in [6, 6.07) is 5.53. The van der Waals surface area contributed by atoms with Gasteiger partial charge in [-0.1, -0.05) is 54.2 Å². The highest BCUT2D eigenvalue weighted by atomic mass is 79.9. The first kappa shape index (κ1) is 15.8. The van der Waals surface area contributed by atoms with E-state index >= 15 is 0 Å². The third-order valence-corrected chi connectivity index (χ3v) is 4.84. The van der Waals surface area contributed by atoms with Crippen LogP contribution in [0, 0.1) is 11.3 Å². The highest BCUT2D eigenvalue weighted by Crippen LogP contribution is 2.44. The van der Waals surface area contributed by atoms with E-state index in [1.807, 2.05) is 12.1 Å². The first-order chi connectivity index (χ1) is 9.43. The van der Waals surface area contributed by atoms with Crippen LogP contribution in [-0.2, 0) is 4.79 Å². The third kappa shape index (κ3) is 3.56. The van der Waals surface area contributed by atoms with Gasteiger partial charge in [0.1, 0.15) is 0 Å². The van der Waals surface area contributed by atoms with Gasteiger partial charge in [-0.15, -0.1) is 0 Å². The largest absolute Gasteiger partial charge is 0.324 e. The smallest absolute Gasteiger partial charge is 0.230 e. The fraction of sp³-hybridized carbons (Fsp3) is 0.562. The molecule has 1 aromatic rings. The molecule has 1 fully saturated rings. The monoisotopic (exact) mass is 357 g/mol. The lowest BCUT2D eigenvalue weighted by atomic mass is 9.77. The molecule has 0 heterocycles. The van der Waals surface area contributed by atoms with Gasteiger partial charge in [0.2, 0.25) is 5.91 Å². The van der Waals surface area contributed by atoms with Crippen molar-refractivity contribution in [2.75, 3.05) is 5.32 Å². The fourth-order valence-electron chi connectivity index (χ4n) is 3.21. The summed E-state index contributed by atoms with van der Waals surface area (Å²) < 4.78 is 0.918. The van der Waals surface area contributed by atoms with Crippen LogP contribution >= 0.6 is 27.5 Å². The number of hydrogen-bond acceptors (Lipinski definition) is 1. The van der Waals surface area contributed by atoms with Crippen LogP contribution in [0.2, 0.25) is 5.02 Å². The maximum atomic E-state index is 12.8. The van der Waals surface area contributed by atoms with Crippen molar-refractivity contribution >= 4 is 39.1 Å². The van der Waals surface area contributed by atoms with Crippen LogP contribution in [0.15, 0.2) is 22.7 Å². The van der Waals surface area contributed by atoms with Gasteiger partial charge >= 0.3 is 0 Å². The van der Waals surface area contributed by atoms with Crippen molar-refractivity contribution in [1.29, 1.82) is 0 Å². The molecule has 1 aliphatic carbocycles. The molecule has 0 unspecified atom stereocenters. The van der Waals surface area contributed by atoms with Gasteiger partial charge in [0.25, 0.3) is 0 Å². The Labute approximate surface area is 134 Å². The Balaban J connectivity index is 2.18. The molecule has 0 aromatic heterocycles. The number of carbonyl (C=O) groups is 1. The van der Waals surface area contributed by atoms with Crippen LogP contribution in [0.25, 0.3) is 0 Å². The standard InChI is InChI=1S/C16H21BrClNO/c1-11(2)10-16(7-3-4-8-16)15(20)19-14-9-12(17)5-6-13(14)18/h5-6,9,11H,3-4,7-8,10H2,1-2H3,(H,19,20). The number of anilines is 1. The van der Waals surface area contributed by atoms with Crippen molar-refractivity contribution in [3.8, 4) is 0 Å². The van der Waals surface area contributed by atoms with Crippen molar-refractivity contribution < 1.29 is 4.79 Å². The van der Waals surface area contributed by atoms with Gasteiger partial charge in [0, 0.05) is 9.89 Å². The Bertz CT molecular complexity index is 495. The summed E-state index contributed by atoms with van der Waals surface area (Å²) in [6.07, 6.45) is 5.22. The zero-order chi connectivity index (χ0) is 14.8. The summed E-state index contributed by atoms with van der Waals surface area (Å²) in [7, 11) is 0. The second-order valence-electron chi connectivity index (χ2n) is 6.16. The first-order valence-electron chi connectivity index (χ1n) is 7.19. The van der Waals surface area contributed by atoms with Crippen molar-refractivity contribution in [3.05, 3.63) is 27.7 Å². The zero-order valence-corrected chi connectivity index (χ0v) is 14.4. The van der Waals surface area contributed by atoms with Gasteiger partial charge in [-0.2, -0.15) is 0 Å². The molecule has 1 amide bonds. The van der Waals surface area contributed by atoms with Crippen LogP contribution in [-0.4, -0.2) is 5.91 Å². The number of rotatable bonds is 4. The predicted molar refractivity (Wildman–Crippen MR) is 88.1 cm³/mol. The Hall–Kier alpha value is -0.540. The summed E-state index contributed by atoms with van der Waals surface area (Å²) in [5, 5.41) is 3.62. The minimum absolute atomic E-state index is 0.128. The molecule has 0 saturated heterocycles. The third-order valence-electron chi connectivity index (χ3n) is 4.02. The molecular formula is C16H21BrClNO. The van der Waals surface area contributed by atoms with E-state index in [-0.39, 0.29) is 11.3 Å². The molecule has 110 valence electrons. The van der Waals surface area contributed by atoms with Gasteiger partial charge in [-0.25, -0.2) is 0 Å². The molecule has 1 aliphatic rings. The lowest BCUT2D eigenvalue weighted by Crippen LogP contribution is -2.35. The first-order valence-corrected chi connectivity index (χ1v) is 8.36. The van der Waals surface area contributed by atoms with Gasteiger partial charge in [0.05, 0.1) is 10.7 Å². The molecule has 0 radical (unpaired) electrons. The maximum Gasteiger partial charge on any atom is 0.230 e. The maximum absolute atomic E-state index is 12.8. The second-order valence-corrected chi connectivity index (χ2v) is 7.49. The number of halogens is 2. The predicted octanol–water partition coefficient (Wildman–Crippen LogP) is 5.65. The van der Waals surface area contributed by atoms with Gasteiger partial charge in [0.15, 0.2) is 0 Å². The lowest BCUT2D eigenvalue weighted by Gasteiger charge is -2.29. The van der Waals surface area contributed by atoms with Crippen molar-refractivity contribution in [3.63, 3.8) is 0 Å². The lowest BCUT2D eigenvalue weighted by molar-refractivity contribution is -0.126. The summed E-state index contributed by atoms with van der Waals surface area (Å²) in [4.78, 5) is 12.8. The van der Waals surface area contributed by atoms with E-state index in [9.17, 15) is 4.79 Å². The molecule has 20 heavy (non-hydrogen) atoms. The van der Waals surface area contributed by atoms with Crippen molar-refractivity contribution in [2.45, 2.75) is 46.0 Å². The minimum atomic E-state index is -0.209. The summed E-state index contributed by atoms with van der Waals surface area (Å²) in [6.45, 7) is 4.36. The van der Waals surface area contributed by atoms with E-state index in [0.717, 1.165) is 36.6 Å². The Morgan fingerprint density at radius 3 is 2.65 bits per heavy atom. The SMILES string of the molecule is CC(C)CC1(C(=O)Nc2cc(Br)ccc2Cl)CCCC1. The van der Waals surface area contributed by atoms with E-state index in [4.69, 9.17) is 11.6 Å². The molecule has 4 heteroatoms. The molecule has 0 atom stereocenters. The van der Waals surface area contributed by atoms with Crippen molar-refractivity contribution in [2.24, 2.45) is 11.3 Å². The summed E-state index contributed by atoms with van der Waals surface area (Å²) >= 11 is 9.58. The average Bonchev–Trinajstić information content (AvgIpc) is 2.82. The van der Waals surface area contributed by atoms with E-state index in [1.54, 1.807) is 6.07 Å². The molecule has 0 aliphatic heterocycles. The molecular weight excluding hydrogens is 338 g/mol. The summed E-state index contributed by atoms with van der Waals surface area (Å²) in [5.74, 6) is 0.653. The van der Waals surface area contributed by atoms with Crippen molar-refractivity contribution in [1.82, 2.24) is 0 Å². The highest BCUT2D eigenvalue weighted by molar-refractivity contribution is 9.10. The number of hydrogen-bond donors (Lipinski definition) is 1. The molecule has 1 saturated carbocycles. The number of carbonyl (C=O) groups excluding carboxylic acids is 1. The molecule has 0 spiro atoms. The summed E-state index contributed by atoms with van der Waals surface area (Å²) in [5.41, 5.74) is 0.487. The number of benzene rings is 1.